The summed E-state index contributed by atoms with van der Waals surface area (Å²) in [5.41, 5.74) is 1.27. The van der Waals surface area contributed by atoms with Gasteiger partial charge in [0.25, 0.3) is 5.91 Å². The maximum absolute atomic E-state index is 12.8. The lowest BCUT2D eigenvalue weighted by Gasteiger charge is -2.16. The first kappa shape index (κ1) is 18.9. The number of hydrogen-bond donors (Lipinski definition) is 0. The summed E-state index contributed by atoms with van der Waals surface area (Å²) in [6.07, 6.45) is 1.72. The topological polar surface area (TPSA) is 46.6 Å². The van der Waals surface area contributed by atoms with Gasteiger partial charge in [-0.2, -0.15) is 0 Å². The molecule has 1 heterocycles. The van der Waals surface area contributed by atoms with Crippen LogP contribution in [-0.4, -0.2) is 16.2 Å². The van der Waals surface area contributed by atoms with Gasteiger partial charge in [0.15, 0.2) is 4.32 Å². The molecule has 0 spiro atoms. The monoisotopic (exact) mass is 423 g/mol. The molecule has 1 amide bonds. The number of halogens is 2. The number of nitrogens with zero attached hydrogens (tertiary/aromatic N) is 1. The predicted octanol–water partition coefficient (Wildman–Crippen LogP) is 5.32. The molecule has 1 aliphatic rings. The number of ether oxygens (including phenoxy) is 1. The van der Waals surface area contributed by atoms with Crippen molar-refractivity contribution in [1.29, 1.82) is 0 Å². The fourth-order valence-electron chi connectivity index (χ4n) is 2.29. The third kappa shape index (κ3) is 4.10. The molecule has 0 aromatic heterocycles. The van der Waals surface area contributed by atoms with Gasteiger partial charge in [0.1, 0.15) is 5.75 Å². The Morgan fingerprint density at radius 3 is 2.50 bits per heavy atom. The highest BCUT2D eigenvalue weighted by Crippen LogP contribution is 2.39. The molecule has 1 saturated heterocycles. The second-order valence-corrected chi connectivity index (χ2v) is 7.79. The summed E-state index contributed by atoms with van der Waals surface area (Å²) >= 11 is 18.6. The van der Waals surface area contributed by atoms with Crippen molar-refractivity contribution < 1.29 is 14.3 Å². The fraction of sp³-hybridized carbons (Fsp3) is 0.0556. The SMILES string of the molecule is CC(=O)Oc1ccc(C=C2SC(=S)N(c3ccc(Cl)cc3Cl)C2=O)cc1. The summed E-state index contributed by atoms with van der Waals surface area (Å²) in [5.74, 6) is -0.207. The average Bonchev–Trinajstić information content (AvgIpc) is 2.83. The summed E-state index contributed by atoms with van der Waals surface area (Å²) < 4.78 is 5.38. The van der Waals surface area contributed by atoms with Crippen LogP contribution < -0.4 is 9.64 Å². The van der Waals surface area contributed by atoms with Crippen LogP contribution in [0.2, 0.25) is 10.0 Å². The van der Waals surface area contributed by atoms with Crippen LogP contribution in [0.15, 0.2) is 47.4 Å². The van der Waals surface area contributed by atoms with Gasteiger partial charge in [-0.15, -0.1) is 0 Å². The average molecular weight is 424 g/mol. The van der Waals surface area contributed by atoms with E-state index in [0.717, 1.165) is 5.56 Å². The second kappa shape index (κ2) is 7.80. The predicted molar refractivity (Wildman–Crippen MR) is 110 cm³/mol. The molecule has 4 nitrogen and oxygen atoms in total. The highest BCUT2D eigenvalue weighted by Gasteiger charge is 2.34. The number of thiocarbonyl (C=S) groups is 1. The van der Waals surface area contributed by atoms with Crippen molar-refractivity contribution in [3.63, 3.8) is 0 Å². The van der Waals surface area contributed by atoms with E-state index in [1.807, 2.05) is 0 Å². The first-order chi connectivity index (χ1) is 12.3. The van der Waals surface area contributed by atoms with E-state index in [4.69, 9.17) is 40.2 Å². The Morgan fingerprint density at radius 2 is 1.88 bits per heavy atom. The van der Waals surface area contributed by atoms with E-state index >= 15 is 0 Å². The first-order valence-corrected chi connectivity index (χ1v) is 9.35. The molecule has 2 aromatic carbocycles. The highest BCUT2D eigenvalue weighted by atomic mass is 35.5. The maximum atomic E-state index is 12.8. The lowest BCUT2D eigenvalue weighted by atomic mass is 10.2. The molecule has 1 aliphatic heterocycles. The number of esters is 1. The van der Waals surface area contributed by atoms with Crippen molar-refractivity contribution in [1.82, 2.24) is 0 Å². The van der Waals surface area contributed by atoms with E-state index in [9.17, 15) is 9.59 Å². The van der Waals surface area contributed by atoms with Crippen molar-refractivity contribution in [3.8, 4) is 5.75 Å². The zero-order valence-electron chi connectivity index (χ0n) is 13.4. The molecule has 0 saturated carbocycles. The van der Waals surface area contributed by atoms with Crippen LogP contribution in [0.25, 0.3) is 6.08 Å². The van der Waals surface area contributed by atoms with Gasteiger partial charge in [0.2, 0.25) is 0 Å². The number of thioether (sulfide) groups is 1. The zero-order valence-corrected chi connectivity index (χ0v) is 16.5. The zero-order chi connectivity index (χ0) is 18.8. The molecule has 8 heteroatoms. The minimum Gasteiger partial charge on any atom is -0.427 e. The van der Waals surface area contributed by atoms with Gasteiger partial charge in [0, 0.05) is 11.9 Å². The Balaban J connectivity index is 1.86. The quantitative estimate of drug-likeness (QED) is 0.289. The Labute approximate surface area is 169 Å². The smallest absolute Gasteiger partial charge is 0.308 e. The van der Waals surface area contributed by atoms with Crippen LogP contribution in [0.4, 0.5) is 5.69 Å². The van der Waals surface area contributed by atoms with E-state index in [1.54, 1.807) is 48.5 Å². The van der Waals surface area contributed by atoms with Gasteiger partial charge in [-0.05, 0) is 42.0 Å². The largest absolute Gasteiger partial charge is 0.427 e. The van der Waals surface area contributed by atoms with Crippen molar-refractivity contribution in [2.45, 2.75) is 6.92 Å². The van der Waals surface area contributed by atoms with Crippen LogP contribution >= 0.6 is 47.2 Å². The molecule has 0 aliphatic carbocycles. The Morgan fingerprint density at radius 1 is 1.19 bits per heavy atom. The number of carbonyl (C=O) groups excluding carboxylic acids is 2. The van der Waals surface area contributed by atoms with Gasteiger partial charge in [-0.3, -0.25) is 14.5 Å². The van der Waals surface area contributed by atoms with E-state index in [-0.39, 0.29) is 5.91 Å². The van der Waals surface area contributed by atoms with Gasteiger partial charge < -0.3 is 4.74 Å². The summed E-state index contributed by atoms with van der Waals surface area (Å²) in [6.45, 7) is 1.33. The third-order valence-electron chi connectivity index (χ3n) is 3.38. The minimum absolute atomic E-state index is 0.256. The van der Waals surface area contributed by atoms with Gasteiger partial charge in [-0.1, -0.05) is 59.3 Å². The number of rotatable bonds is 3. The van der Waals surface area contributed by atoms with Crippen LogP contribution in [0.3, 0.4) is 0 Å². The molecule has 0 bridgehead atoms. The normalized spacial score (nSPS) is 15.7. The molecular formula is C18H11Cl2NO3S2. The standard InChI is InChI=1S/C18H11Cl2NO3S2/c1-10(22)24-13-5-2-11(3-6-13)8-16-17(23)21(18(25)26-16)15-7-4-12(19)9-14(15)20/h2-9H,1H3. The number of carbonyl (C=O) groups is 2. The summed E-state index contributed by atoms with van der Waals surface area (Å²) in [6, 6.07) is 11.7. The molecule has 26 heavy (non-hydrogen) atoms. The number of hydrogen-bond acceptors (Lipinski definition) is 5. The third-order valence-corrected chi connectivity index (χ3v) is 5.22. The Hall–Kier alpha value is -1.86. The molecule has 0 radical (unpaired) electrons. The molecule has 0 unspecified atom stereocenters. The minimum atomic E-state index is -0.390. The van der Waals surface area contributed by atoms with E-state index in [1.165, 1.54) is 23.6 Å². The Kier molecular flexibility index (Phi) is 5.67. The van der Waals surface area contributed by atoms with Crippen molar-refractivity contribution in [2.75, 3.05) is 4.90 Å². The summed E-state index contributed by atoms with van der Waals surface area (Å²) in [5, 5.41) is 0.827. The fourth-order valence-corrected chi connectivity index (χ4v) is 4.07. The molecule has 3 rings (SSSR count). The Bertz CT molecular complexity index is 942. The number of anilines is 1. The lowest BCUT2D eigenvalue weighted by Crippen LogP contribution is -2.27. The molecule has 0 atom stereocenters. The van der Waals surface area contributed by atoms with Gasteiger partial charge >= 0.3 is 5.97 Å². The lowest BCUT2D eigenvalue weighted by molar-refractivity contribution is -0.131. The summed E-state index contributed by atoms with van der Waals surface area (Å²) in [4.78, 5) is 25.6. The van der Waals surface area contributed by atoms with Gasteiger partial charge in [0.05, 0.1) is 15.6 Å². The number of amides is 1. The van der Waals surface area contributed by atoms with Crippen LogP contribution in [-0.2, 0) is 9.59 Å². The molecule has 0 N–H and O–H groups in total. The van der Waals surface area contributed by atoms with E-state index in [2.05, 4.69) is 0 Å². The van der Waals surface area contributed by atoms with Crippen molar-refractivity contribution >= 4 is 75.1 Å². The van der Waals surface area contributed by atoms with Crippen LogP contribution in [0.5, 0.6) is 5.75 Å². The molecule has 1 fully saturated rings. The molecule has 2 aromatic rings. The maximum Gasteiger partial charge on any atom is 0.308 e. The molecule has 132 valence electrons. The van der Waals surface area contributed by atoms with E-state index < -0.39 is 5.97 Å². The summed E-state index contributed by atoms with van der Waals surface area (Å²) in [7, 11) is 0. The van der Waals surface area contributed by atoms with Crippen LogP contribution in [0.1, 0.15) is 12.5 Å². The second-order valence-electron chi connectivity index (χ2n) is 5.28. The number of benzene rings is 2. The van der Waals surface area contributed by atoms with Crippen LogP contribution in [0, 0.1) is 0 Å². The van der Waals surface area contributed by atoms with Crippen molar-refractivity contribution in [2.24, 2.45) is 0 Å². The first-order valence-electron chi connectivity index (χ1n) is 7.36. The molecular weight excluding hydrogens is 413 g/mol. The van der Waals surface area contributed by atoms with Crippen molar-refractivity contribution in [3.05, 3.63) is 63.0 Å². The van der Waals surface area contributed by atoms with E-state index in [0.29, 0.717) is 30.7 Å². The van der Waals surface area contributed by atoms with Gasteiger partial charge in [-0.25, -0.2) is 0 Å². The highest BCUT2D eigenvalue weighted by molar-refractivity contribution is 8.27.